The lowest BCUT2D eigenvalue weighted by Crippen LogP contribution is -2.01. The molecular formula is C10H15NO2. The number of rotatable bonds is 3. The highest BCUT2D eigenvalue weighted by Gasteiger charge is 2.09. The molecule has 1 aromatic heterocycles. The Bertz CT molecular complexity index is 286. The van der Waals surface area contributed by atoms with Gasteiger partial charge in [-0.25, -0.2) is 4.98 Å². The molecule has 0 bridgehead atoms. The fraction of sp³-hybridized carbons (Fsp3) is 0.500. The van der Waals surface area contributed by atoms with Crippen LogP contribution in [0.2, 0.25) is 0 Å². The Labute approximate surface area is 78.4 Å². The molecule has 0 saturated carbocycles. The molecular weight excluding hydrogens is 166 g/mol. The van der Waals surface area contributed by atoms with E-state index < -0.39 is 6.10 Å². The van der Waals surface area contributed by atoms with Crippen LogP contribution in [0.5, 0.6) is 5.88 Å². The minimum atomic E-state index is -0.418. The second kappa shape index (κ2) is 4.23. The van der Waals surface area contributed by atoms with E-state index in [4.69, 9.17) is 4.74 Å². The van der Waals surface area contributed by atoms with E-state index in [-0.39, 0.29) is 0 Å². The third-order valence-electron chi connectivity index (χ3n) is 2.06. The summed E-state index contributed by atoms with van der Waals surface area (Å²) in [5.74, 6) is 0.588. The Morgan fingerprint density at radius 2 is 2.23 bits per heavy atom. The maximum absolute atomic E-state index is 9.59. The van der Waals surface area contributed by atoms with Crippen LogP contribution < -0.4 is 4.74 Å². The summed E-state index contributed by atoms with van der Waals surface area (Å²) in [7, 11) is 1.58. The summed E-state index contributed by atoms with van der Waals surface area (Å²) >= 11 is 0. The molecule has 1 unspecified atom stereocenters. The van der Waals surface area contributed by atoms with Crippen LogP contribution in [0.25, 0.3) is 0 Å². The zero-order valence-electron chi connectivity index (χ0n) is 8.24. The van der Waals surface area contributed by atoms with Gasteiger partial charge in [-0.15, -0.1) is 0 Å². The van der Waals surface area contributed by atoms with Crippen molar-refractivity contribution in [3.63, 3.8) is 0 Å². The number of hydrogen-bond donors (Lipinski definition) is 1. The largest absolute Gasteiger partial charge is 0.481 e. The highest BCUT2D eigenvalue weighted by atomic mass is 16.5. The molecule has 0 aromatic carbocycles. The predicted molar refractivity (Wildman–Crippen MR) is 50.8 cm³/mol. The lowest BCUT2D eigenvalue weighted by molar-refractivity contribution is 0.172. The van der Waals surface area contributed by atoms with Crippen molar-refractivity contribution < 1.29 is 9.84 Å². The molecule has 1 aromatic rings. The fourth-order valence-electron chi connectivity index (χ4n) is 1.23. The Morgan fingerprint density at radius 3 is 2.69 bits per heavy atom. The second-order valence-electron chi connectivity index (χ2n) is 2.95. The highest BCUT2D eigenvalue weighted by Crippen LogP contribution is 2.21. The van der Waals surface area contributed by atoms with E-state index in [1.54, 1.807) is 13.2 Å². The van der Waals surface area contributed by atoms with Crippen LogP contribution in [-0.2, 0) is 0 Å². The molecule has 1 heterocycles. The molecule has 13 heavy (non-hydrogen) atoms. The van der Waals surface area contributed by atoms with Crippen LogP contribution in [0.4, 0.5) is 0 Å². The van der Waals surface area contributed by atoms with Gasteiger partial charge in [-0.3, -0.25) is 0 Å². The molecule has 1 atom stereocenters. The molecule has 1 N–H and O–H groups in total. The Balaban J connectivity index is 2.98. The van der Waals surface area contributed by atoms with Crippen molar-refractivity contribution in [2.45, 2.75) is 26.4 Å². The molecule has 1 rings (SSSR count). The monoisotopic (exact) mass is 181 g/mol. The molecule has 0 radical (unpaired) electrons. The van der Waals surface area contributed by atoms with Crippen molar-refractivity contribution >= 4 is 0 Å². The first-order chi connectivity index (χ1) is 6.19. The van der Waals surface area contributed by atoms with Gasteiger partial charge in [-0.2, -0.15) is 0 Å². The first-order valence-electron chi connectivity index (χ1n) is 4.38. The smallest absolute Gasteiger partial charge is 0.213 e. The predicted octanol–water partition coefficient (Wildman–Crippen LogP) is 1.84. The van der Waals surface area contributed by atoms with Crippen molar-refractivity contribution in [1.29, 1.82) is 0 Å². The lowest BCUT2D eigenvalue weighted by Gasteiger charge is -2.11. The zero-order valence-corrected chi connectivity index (χ0v) is 8.24. The third-order valence-corrected chi connectivity index (χ3v) is 2.06. The van der Waals surface area contributed by atoms with E-state index in [1.165, 1.54) is 0 Å². The first-order valence-corrected chi connectivity index (χ1v) is 4.38. The summed E-state index contributed by atoms with van der Waals surface area (Å²) in [6, 6.07) is 3.62. The molecule has 0 spiro atoms. The van der Waals surface area contributed by atoms with Gasteiger partial charge >= 0.3 is 0 Å². The molecule has 0 saturated heterocycles. The fourth-order valence-corrected chi connectivity index (χ4v) is 1.23. The summed E-state index contributed by atoms with van der Waals surface area (Å²) in [5.41, 5.74) is 1.71. The minimum absolute atomic E-state index is 0.418. The number of pyridine rings is 1. The van der Waals surface area contributed by atoms with Gasteiger partial charge in [-0.05, 0) is 19.4 Å². The zero-order chi connectivity index (χ0) is 9.84. The quantitative estimate of drug-likeness (QED) is 0.773. The van der Waals surface area contributed by atoms with Crippen LogP contribution in [-0.4, -0.2) is 17.2 Å². The number of nitrogens with zero attached hydrogens (tertiary/aromatic N) is 1. The van der Waals surface area contributed by atoms with E-state index in [9.17, 15) is 5.11 Å². The van der Waals surface area contributed by atoms with Gasteiger partial charge in [0.1, 0.15) is 0 Å². The molecule has 0 aliphatic rings. The highest BCUT2D eigenvalue weighted by molar-refractivity contribution is 5.26. The number of aryl methyl sites for hydroxylation is 1. The van der Waals surface area contributed by atoms with Crippen LogP contribution in [0.1, 0.15) is 30.7 Å². The Morgan fingerprint density at radius 1 is 1.54 bits per heavy atom. The van der Waals surface area contributed by atoms with Crippen molar-refractivity contribution in [1.82, 2.24) is 4.98 Å². The van der Waals surface area contributed by atoms with E-state index in [0.717, 1.165) is 11.3 Å². The average molecular weight is 181 g/mol. The van der Waals surface area contributed by atoms with Gasteiger partial charge in [0.2, 0.25) is 5.88 Å². The summed E-state index contributed by atoms with van der Waals surface area (Å²) < 4.78 is 4.97. The maximum atomic E-state index is 9.59. The standard InChI is InChI=1S/C10H15NO2/c1-4-9(12)8-5-6-10(13-3)11-7(8)2/h5-6,9,12H,4H2,1-3H3. The molecule has 0 amide bonds. The van der Waals surface area contributed by atoms with Crippen LogP contribution in [0.15, 0.2) is 12.1 Å². The Kier molecular flexibility index (Phi) is 3.25. The van der Waals surface area contributed by atoms with Crippen molar-refractivity contribution in [3.8, 4) is 5.88 Å². The molecule has 3 nitrogen and oxygen atoms in total. The molecule has 72 valence electrons. The topological polar surface area (TPSA) is 42.4 Å². The summed E-state index contributed by atoms with van der Waals surface area (Å²) in [4.78, 5) is 4.18. The number of methoxy groups -OCH3 is 1. The molecule has 0 aliphatic carbocycles. The molecule has 0 aliphatic heterocycles. The van der Waals surface area contributed by atoms with Crippen LogP contribution >= 0.6 is 0 Å². The van der Waals surface area contributed by atoms with Crippen LogP contribution in [0, 0.1) is 6.92 Å². The number of aliphatic hydroxyl groups excluding tert-OH is 1. The summed E-state index contributed by atoms with van der Waals surface area (Å²) in [6.07, 6.45) is 0.285. The van der Waals surface area contributed by atoms with Crippen molar-refractivity contribution in [2.75, 3.05) is 7.11 Å². The number of aliphatic hydroxyl groups is 1. The normalized spacial score (nSPS) is 12.6. The molecule has 0 fully saturated rings. The SMILES string of the molecule is CCC(O)c1ccc(OC)nc1C. The number of aromatic nitrogens is 1. The van der Waals surface area contributed by atoms with E-state index in [1.807, 2.05) is 19.9 Å². The van der Waals surface area contributed by atoms with E-state index >= 15 is 0 Å². The number of hydrogen-bond acceptors (Lipinski definition) is 3. The minimum Gasteiger partial charge on any atom is -0.481 e. The van der Waals surface area contributed by atoms with E-state index in [0.29, 0.717) is 12.3 Å². The second-order valence-corrected chi connectivity index (χ2v) is 2.95. The average Bonchev–Trinajstić information content (AvgIpc) is 2.16. The van der Waals surface area contributed by atoms with Gasteiger partial charge in [0, 0.05) is 17.3 Å². The molecule has 3 heteroatoms. The van der Waals surface area contributed by atoms with Gasteiger partial charge in [0.05, 0.1) is 13.2 Å². The van der Waals surface area contributed by atoms with Crippen molar-refractivity contribution in [2.24, 2.45) is 0 Å². The van der Waals surface area contributed by atoms with Gasteiger partial charge in [0.15, 0.2) is 0 Å². The summed E-state index contributed by atoms with van der Waals surface area (Å²) in [6.45, 7) is 3.81. The maximum Gasteiger partial charge on any atom is 0.213 e. The van der Waals surface area contributed by atoms with Gasteiger partial charge in [-0.1, -0.05) is 6.92 Å². The lowest BCUT2D eigenvalue weighted by atomic mass is 10.1. The summed E-state index contributed by atoms with van der Waals surface area (Å²) in [5, 5.41) is 9.59. The van der Waals surface area contributed by atoms with Crippen LogP contribution in [0.3, 0.4) is 0 Å². The van der Waals surface area contributed by atoms with E-state index in [2.05, 4.69) is 4.98 Å². The van der Waals surface area contributed by atoms with Gasteiger partial charge < -0.3 is 9.84 Å². The Hall–Kier alpha value is -1.09. The number of ether oxygens (including phenoxy) is 1. The third kappa shape index (κ3) is 2.18. The van der Waals surface area contributed by atoms with Gasteiger partial charge in [0.25, 0.3) is 0 Å². The first kappa shape index (κ1) is 9.99. The van der Waals surface area contributed by atoms with Crippen molar-refractivity contribution in [3.05, 3.63) is 23.4 Å².